The fourth-order valence-corrected chi connectivity index (χ4v) is 3.21. The SMILES string of the molecule is CCNC(=NCc1ccc(Oc2ccc(F)cc2)cc1)NC1CCC(O)CC1. The molecule has 2 aromatic carbocycles. The van der Waals surface area contributed by atoms with E-state index in [9.17, 15) is 9.50 Å². The van der Waals surface area contributed by atoms with Gasteiger partial charge in [0, 0.05) is 12.6 Å². The lowest BCUT2D eigenvalue weighted by Crippen LogP contribution is -2.45. The first-order valence-electron chi connectivity index (χ1n) is 9.87. The van der Waals surface area contributed by atoms with Crippen LogP contribution in [-0.2, 0) is 6.54 Å². The Morgan fingerprint density at radius 3 is 2.25 bits per heavy atom. The summed E-state index contributed by atoms with van der Waals surface area (Å²) >= 11 is 0. The zero-order valence-corrected chi connectivity index (χ0v) is 16.2. The van der Waals surface area contributed by atoms with Gasteiger partial charge in [0.25, 0.3) is 0 Å². The lowest BCUT2D eigenvalue weighted by atomic mass is 9.93. The summed E-state index contributed by atoms with van der Waals surface area (Å²) in [6.07, 6.45) is 3.44. The lowest BCUT2D eigenvalue weighted by molar-refractivity contribution is 0.120. The van der Waals surface area contributed by atoms with Crippen molar-refractivity contribution in [1.29, 1.82) is 0 Å². The molecule has 6 heteroatoms. The first-order chi connectivity index (χ1) is 13.6. The summed E-state index contributed by atoms with van der Waals surface area (Å²) in [5.41, 5.74) is 1.07. The first-order valence-corrected chi connectivity index (χ1v) is 9.87. The van der Waals surface area contributed by atoms with Gasteiger partial charge >= 0.3 is 0 Å². The van der Waals surface area contributed by atoms with E-state index in [0.29, 0.717) is 24.1 Å². The van der Waals surface area contributed by atoms with E-state index in [0.717, 1.165) is 43.8 Å². The van der Waals surface area contributed by atoms with Crippen molar-refractivity contribution >= 4 is 5.96 Å². The zero-order chi connectivity index (χ0) is 19.8. The van der Waals surface area contributed by atoms with Crippen LogP contribution in [0.5, 0.6) is 11.5 Å². The number of hydrogen-bond acceptors (Lipinski definition) is 3. The van der Waals surface area contributed by atoms with E-state index < -0.39 is 0 Å². The number of aliphatic hydroxyl groups is 1. The molecule has 150 valence electrons. The van der Waals surface area contributed by atoms with Crippen molar-refractivity contribution in [3.8, 4) is 11.5 Å². The number of aliphatic imine (C=N–C) groups is 1. The van der Waals surface area contributed by atoms with Gasteiger partial charge in [-0.25, -0.2) is 9.38 Å². The van der Waals surface area contributed by atoms with Crippen molar-refractivity contribution in [1.82, 2.24) is 10.6 Å². The number of guanidine groups is 1. The molecule has 1 saturated carbocycles. The standard InChI is InChI=1S/C22H28FN3O2/c1-2-24-22(26-18-7-9-19(27)10-8-18)25-15-16-3-11-20(12-4-16)28-21-13-5-17(23)6-14-21/h3-6,11-14,18-19,27H,2,7-10,15H2,1H3,(H2,24,25,26). The van der Waals surface area contributed by atoms with Crippen molar-refractivity contribution in [2.24, 2.45) is 4.99 Å². The van der Waals surface area contributed by atoms with E-state index >= 15 is 0 Å². The van der Waals surface area contributed by atoms with E-state index in [1.165, 1.54) is 12.1 Å². The van der Waals surface area contributed by atoms with Gasteiger partial charge in [-0.3, -0.25) is 0 Å². The van der Waals surface area contributed by atoms with E-state index in [1.807, 2.05) is 31.2 Å². The highest BCUT2D eigenvalue weighted by Gasteiger charge is 2.19. The second kappa shape index (κ2) is 10.1. The first kappa shape index (κ1) is 20.1. The molecule has 5 nitrogen and oxygen atoms in total. The molecular formula is C22H28FN3O2. The van der Waals surface area contributed by atoms with Crippen LogP contribution in [0.2, 0.25) is 0 Å². The van der Waals surface area contributed by atoms with Crippen LogP contribution in [0.3, 0.4) is 0 Å². The average molecular weight is 385 g/mol. The van der Waals surface area contributed by atoms with Crippen LogP contribution in [0.15, 0.2) is 53.5 Å². The monoisotopic (exact) mass is 385 g/mol. The number of benzene rings is 2. The van der Waals surface area contributed by atoms with Crippen LogP contribution in [0.1, 0.15) is 38.2 Å². The van der Waals surface area contributed by atoms with Crippen LogP contribution in [0.25, 0.3) is 0 Å². The Kier molecular flexibility index (Phi) is 7.25. The predicted molar refractivity (Wildman–Crippen MR) is 109 cm³/mol. The molecular weight excluding hydrogens is 357 g/mol. The van der Waals surface area contributed by atoms with Crippen LogP contribution in [0.4, 0.5) is 4.39 Å². The number of nitrogens with one attached hydrogen (secondary N) is 2. The molecule has 0 unspecified atom stereocenters. The Labute approximate surface area is 165 Å². The van der Waals surface area contributed by atoms with E-state index in [-0.39, 0.29) is 11.9 Å². The molecule has 0 atom stereocenters. The van der Waals surface area contributed by atoms with Gasteiger partial charge in [0.15, 0.2) is 5.96 Å². The maximum absolute atomic E-state index is 13.0. The summed E-state index contributed by atoms with van der Waals surface area (Å²) in [4.78, 5) is 4.67. The number of nitrogens with zero attached hydrogens (tertiary/aromatic N) is 1. The molecule has 1 fully saturated rings. The van der Waals surface area contributed by atoms with E-state index in [2.05, 4.69) is 15.6 Å². The highest BCUT2D eigenvalue weighted by atomic mass is 19.1. The normalized spacial score (nSPS) is 19.9. The summed E-state index contributed by atoms with van der Waals surface area (Å²) in [7, 11) is 0. The molecule has 0 spiro atoms. The molecule has 0 heterocycles. The second-order valence-corrected chi connectivity index (χ2v) is 7.04. The fraction of sp³-hybridized carbons (Fsp3) is 0.409. The third-order valence-electron chi connectivity index (χ3n) is 4.77. The molecule has 0 aliphatic heterocycles. The van der Waals surface area contributed by atoms with Crippen molar-refractivity contribution in [3.05, 3.63) is 59.9 Å². The molecule has 0 aromatic heterocycles. The Morgan fingerprint density at radius 2 is 1.64 bits per heavy atom. The average Bonchev–Trinajstić information content (AvgIpc) is 2.71. The second-order valence-electron chi connectivity index (χ2n) is 7.04. The van der Waals surface area contributed by atoms with Gasteiger partial charge < -0.3 is 20.5 Å². The van der Waals surface area contributed by atoms with E-state index in [1.54, 1.807) is 12.1 Å². The van der Waals surface area contributed by atoms with Crippen LogP contribution >= 0.6 is 0 Å². The third-order valence-corrected chi connectivity index (χ3v) is 4.77. The molecule has 28 heavy (non-hydrogen) atoms. The molecule has 3 rings (SSSR count). The van der Waals surface area contributed by atoms with Gasteiger partial charge in [-0.2, -0.15) is 0 Å². The third kappa shape index (κ3) is 6.23. The summed E-state index contributed by atoms with van der Waals surface area (Å²) in [5.74, 6) is 1.82. The van der Waals surface area contributed by atoms with Crippen LogP contribution in [-0.4, -0.2) is 29.8 Å². The molecule has 2 aromatic rings. The minimum atomic E-state index is -0.282. The quantitative estimate of drug-likeness (QED) is 0.520. The highest BCUT2D eigenvalue weighted by molar-refractivity contribution is 5.80. The van der Waals surface area contributed by atoms with Gasteiger partial charge in [-0.05, 0) is 74.6 Å². The molecule has 3 N–H and O–H groups in total. The lowest BCUT2D eigenvalue weighted by Gasteiger charge is -2.27. The van der Waals surface area contributed by atoms with Gasteiger partial charge in [0.2, 0.25) is 0 Å². The highest BCUT2D eigenvalue weighted by Crippen LogP contribution is 2.22. The number of ether oxygens (including phenoxy) is 1. The molecule has 0 amide bonds. The maximum atomic E-state index is 13.0. The van der Waals surface area contributed by atoms with Crippen LogP contribution in [0, 0.1) is 5.82 Å². The summed E-state index contributed by atoms with van der Waals surface area (Å²) < 4.78 is 18.7. The molecule has 0 radical (unpaired) electrons. The molecule has 1 aliphatic carbocycles. The summed E-state index contributed by atoms with van der Waals surface area (Å²) in [6.45, 7) is 3.40. The topological polar surface area (TPSA) is 65.9 Å². The largest absolute Gasteiger partial charge is 0.457 e. The number of rotatable bonds is 6. The number of aliphatic hydroxyl groups excluding tert-OH is 1. The van der Waals surface area contributed by atoms with Crippen molar-refractivity contribution in [3.63, 3.8) is 0 Å². The van der Waals surface area contributed by atoms with Gasteiger partial charge in [0.1, 0.15) is 17.3 Å². The zero-order valence-electron chi connectivity index (χ0n) is 16.2. The molecule has 1 aliphatic rings. The maximum Gasteiger partial charge on any atom is 0.191 e. The number of hydrogen-bond donors (Lipinski definition) is 3. The van der Waals surface area contributed by atoms with Crippen molar-refractivity contribution in [2.45, 2.75) is 51.3 Å². The van der Waals surface area contributed by atoms with Crippen molar-refractivity contribution < 1.29 is 14.2 Å². The van der Waals surface area contributed by atoms with E-state index in [4.69, 9.17) is 4.74 Å². The summed E-state index contributed by atoms with van der Waals surface area (Å²) in [5, 5.41) is 16.4. The Morgan fingerprint density at radius 1 is 1.04 bits per heavy atom. The van der Waals surface area contributed by atoms with Gasteiger partial charge in [-0.15, -0.1) is 0 Å². The van der Waals surface area contributed by atoms with Gasteiger partial charge in [-0.1, -0.05) is 12.1 Å². The van der Waals surface area contributed by atoms with Crippen LogP contribution < -0.4 is 15.4 Å². The van der Waals surface area contributed by atoms with Crippen molar-refractivity contribution in [2.75, 3.05) is 6.54 Å². The minimum Gasteiger partial charge on any atom is -0.457 e. The molecule has 0 saturated heterocycles. The Balaban J connectivity index is 1.55. The fourth-order valence-electron chi connectivity index (χ4n) is 3.21. The number of halogens is 1. The van der Waals surface area contributed by atoms with Gasteiger partial charge in [0.05, 0.1) is 12.6 Å². The predicted octanol–water partition coefficient (Wildman–Crippen LogP) is 3.98. The smallest absolute Gasteiger partial charge is 0.191 e. The Bertz CT molecular complexity index is 754. The minimum absolute atomic E-state index is 0.159. The molecule has 0 bridgehead atoms. The Hall–Kier alpha value is -2.60. The summed E-state index contributed by atoms with van der Waals surface area (Å²) in [6, 6.07) is 14.0.